The zero-order chi connectivity index (χ0) is 6.91. The third-order valence-corrected chi connectivity index (χ3v) is 1.91. The first kappa shape index (κ1) is 6.59. The normalized spacial score (nSPS) is 29.3. The van der Waals surface area contributed by atoms with Crippen LogP contribution >= 0.6 is 0 Å². The van der Waals surface area contributed by atoms with E-state index in [0.29, 0.717) is 5.41 Å². The Morgan fingerprint density at radius 2 is 2.22 bits per heavy atom. The van der Waals surface area contributed by atoms with Crippen molar-refractivity contribution in [2.75, 3.05) is 0 Å². The zero-order valence-corrected chi connectivity index (χ0v) is 6.02. The molecule has 1 N–H and O–H groups in total. The van der Waals surface area contributed by atoms with Crippen molar-refractivity contribution in [3.8, 4) is 0 Å². The van der Waals surface area contributed by atoms with Crippen molar-refractivity contribution in [2.45, 2.75) is 33.1 Å². The molecule has 1 rings (SSSR count). The smallest absolute Gasteiger partial charge is 0.0576 e. The average Bonchev–Trinajstić information content (AvgIpc) is 2.10. The highest BCUT2D eigenvalue weighted by Gasteiger charge is 2.27. The van der Waals surface area contributed by atoms with Crippen molar-refractivity contribution in [3.05, 3.63) is 0 Å². The number of oxime groups is 1. The van der Waals surface area contributed by atoms with Crippen LogP contribution in [0.5, 0.6) is 0 Å². The van der Waals surface area contributed by atoms with Gasteiger partial charge in [0.25, 0.3) is 0 Å². The molecular formula is C7H13NO. The van der Waals surface area contributed by atoms with Crippen molar-refractivity contribution < 1.29 is 5.21 Å². The standard InChI is InChI=1S/C7H13NO/c1-7(2)4-3-6(5-7)8-9/h9H,3-5H2,1-2H3/b8-6-. The van der Waals surface area contributed by atoms with Crippen LogP contribution in [0.4, 0.5) is 0 Å². The molecule has 9 heavy (non-hydrogen) atoms. The van der Waals surface area contributed by atoms with Crippen molar-refractivity contribution in [2.24, 2.45) is 10.6 Å². The minimum Gasteiger partial charge on any atom is -0.411 e. The summed E-state index contributed by atoms with van der Waals surface area (Å²) in [7, 11) is 0. The molecule has 0 amide bonds. The fourth-order valence-corrected chi connectivity index (χ4v) is 1.30. The number of hydrogen-bond acceptors (Lipinski definition) is 2. The SMILES string of the molecule is CC1(C)CC/C(=N/O)C1. The summed E-state index contributed by atoms with van der Waals surface area (Å²) in [4.78, 5) is 0. The second kappa shape index (κ2) is 2.01. The molecule has 1 aliphatic rings. The van der Waals surface area contributed by atoms with Crippen LogP contribution < -0.4 is 0 Å². The van der Waals surface area contributed by atoms with Gasteiger partial charge in [0.15, 0.2) is 0 Å². The molecule has 0 bridgehead atoms. The Labute approximate surface area is 55.6 Å². The molecule has 0 unspecified atom stereocenters. The molecular weight excluding hydrogens is 114 g/mol. The molecule has 0 spiro atoms. The molecule has 52 valence electrons. The summed E-state index contributed by atoms with van der Waals surface area (Å²) < 4.78 is 0. The van der Waals surface area contributed by atoms with Gasteiger partial charge in [-0.1, -0.05) is 19.0 Å². The predicted molar refractivity (Wildman–Crippen MR) is 36.9 cm³/mol. The second-order valence-electron chi connectivity index (χ2n) is 3.51. The van der Waals surface area contributed by atoms with E-state index in [4.69, 9.17) is 5.21 Å². The molecule has 1 saturated carbocycles. The van der Waals surface area contributed by atoms with E-state index in [1.165, 1.54) is 0 Å². The fourth-order valence-electron chi connectivity index (χ4n) is 1.30. The minimum atomic E-state index is 0.377. The lowest BCUT2D eigenvalue weighted by Gasteiger charge is -2.13. The molecule has 0 radical (unpaired) electrons. The highest BCUT2D eigenvalue weighted by atomic mass is 16.4. The van der Waals surface area contributed by atoms with Crippen molar-refractivity contribution in [1.29, 1.82) is 0 Å². The Balaban J connectivity index is 2.57. The van der Waals surface area contributed by atoms with E-state index in [1.54, 1.807) is 0 Å². The van der Waals surface area contributed by atoms with E-state index in [-0.39, 0.29) is 0 Å². The average molecular weight is 127 g/mol. The molecule has 0 heterocycles. The highest BCUT2D eigenvalue weighted by Crippen LogP contribution is 2.34. The van der Waals surface area contributed by atoms with Crippen LogP contribution in [0, 0.1) is 5.41 Å². The van der Waals surface area contributed by atoms with Crippen LogP contribution in [0.15, 0.2) is 5.16 Å². The Morgan fingerprint density at radius 3 is 2.44 bits per heavy atom. The topological polar surface area (TPSA) is 32.6 Å². The molecule has 0 aromatic heterocycles. The molecule has 2 nitrogen and oxygen atoms in total. The van der Waals surface area contributed by atoms with Gasteiger partial charge >= 0.3 is 0 Å². The third-order valence-electron chi connectivity index (χ3n) is 1.91. The van der Waals surface area contributed by atoms with Gasteiger partial charge < -0.3 is 5.21 Å². The van der Waals surface area contributed by atoms with E-state index in [0.717, 1.165) is 25.0 Å². The summed E-state index contributed by atoms with van der Waals surface area (Å²) in [5, 5.41) is 11.6. The third kappa shape index (κ3) is 1.44. The first-order chi connectivity index (χ1) is 4.14. The molecule has 2 heteroatoms. The molecule has 0 atom stereocenters. The number of hydrogen-bond donors (Lipinski definition) is 1. The maximum atomic E-state index is 8.39. The fraction of sp³-hybridized carbons (Fsp3) is 0.857. The van der Waals surface area contributed by atoms with Crippen LogP contribution in [0.2, 0.25) is 0 Å². The van der Waals surface area contributed by atoms with E-state index in [9.17, 15) is 0 Å². The Morgan fingerprint density at radius 1 is 1.56 bits per heavy atom. The maximum absolute atomic E-state index is 8.39. The lowest BCUT2D eigenvalue weighted by Crippen LogP contribution is -2.04. The summed E-state index contributed by atoms with van der Waals surface area (Å²) in [6.45, 7) is 4.40. The van der Waals surface area contributed by atoms with E-state index in [2.05, 4.69) is 19.0 Å². The van der Waals surface area contributed by atoms with Crippen molar-refractivity contribution in [3.63, 3.8) is 0 Å². The van der Waals surface area contributed by atoms with Gasteiger partial charge in [0.05, 0.1) is 5.71 Å². The number of rotatable bonds is 0. The molecule has 0 saturated heterocycles. The summed E-state index contributed by atoms with van der Waals surface area (Å²) in [6, 6.07) is 0. The summed E-state index contributed by atoms with van der Waals surface area (Å²) in [6.07, 6.45) is 3.10. The highest BCUT2D eigenvalue weighted by molar-refractivity contribution is 5.86. The predicted octanol–water partition coefficient (Wildman–Crippen LogP) is 2.03. The van der Waals surface area contributed by atoms with E-state index >= 15 is 0 Å². The van der Waals surface area contributed by atoms with Gasteiger partial charge in [0.2, 0.25) is 0 Å². The van der Waals surface area contributed by atoms with Crippen molar-refractivity contribution in [1.82, 2.24) is 0 Å². The van der Waals surface area contributed by atoms with Gasteiger partial charge in [0.1, 0.15) is 0 Å². The Bertz CT molecular complexity index is 138. The van der Waals surface area contributed by atoms with Gasteiger partial charge in [-0.3, -0.25) is 0 Å². The first-order valence-electron chi connectivity index (χ1n) is 3.34. The summed E-state index contributed by atoms with van der Waals surface area (Å²) >= 11 is 0. The van der Waals surface area contributed by atoms with Crippen LogP contribution in [0.25, 0.3) is 0 Å². The van der Waals surface area contributed by atoms with E-state index in [1.807, 2.05) is 0 Å². The number of nitrogens with zero attached hydrogens (tertiary/aromatic N) is 1. The van der Waals surface area contributed by atoms with Crippen LogP contribution in [0.3, 0.4) is 0 Å². The lowest BCUT2D eigenvalue weighted by molar-refractivity contribution is 0.315. The van der Waals surface area contributed by atoms with Crippen molar-refractivity contribution >= 4 is 5.71 Å². The molecule has 0 aromatic carbocycles. The van der Waals surface area contributed by atoms with Crippen LogP contribution in [0.1, 0.15) is 33.1 Å². The van der Waals surface area contributed by atoms with E-state index < -0.39 is 0 Å². The summed E-state index contributed by atoms with van der Waals surface area (Å²) in [5.41, 5.74) is 1.33. The second-order valence-corrected chi connectivity index (χ2v) is 3.51. The molecule has 0 aliphatic heterocycles. The Hall–Kier alpha value is -0.530. The van der Waals surface area contributed by atoms with Gasteiger partial charge in [0, 0.05) is 0 Å². The quantitative estimate of drug-likeness (QED) is 0.392. The van der Waals surface area contributed by atoms with Gasteiger partial charge in [-0.05, 0) is 24.7 Å². The summed E-state index contributed by atoms with van der Waals surface area (Å²) in [5.74, 6) is 0. The first-order valence-corrected chi connectivity index (χ1v) is 3.34. The minimum absolute atomic E-state index is 0.377. The van der Waals surface area contributed by atoms with Gasteiger partial charge in [-0.2, -0.15) is 0 Å². The lowest BCUT2D eigenvalue weighted by atomic mass is 9.92. The monoisotopic (exact) mass is 127 g/mol. The maximum Gasteiger partial charge on any atom is 0.0576 e. The molecule has 0 aromatic rings. The molecule has 1 aliphatic carbocycles. The molecule has 1 fully saturated rings. The van der Waals surface area contributed by atoms with Gasteiger partial charge in [-0.25, -0.2) is 0 Å². The zero-order valence-electron chi connectivity index (χ0n) is 6.02. The van der Waals surface area contributed by atoms with Crippen LogP contribution in [-0.2, 0) is 0 Å². The largest absolute Gasteiger partial charge is 0.411 e. The Kier molecular flexibility index (Phi) is 1.47. The van der Waals surface area contributed by atoms with Crippen LogP contribution in [-0.4, -0.2) is 10.9 Å². The van der Waals surface area contributed by atoms with Gasteiger partial charge in [-0.15, -0.1) is 0 Å².